The molecule has 90 valence electrons. The van der Waals surface area contributed by atoms with E-state index in [4.69, 9.17) is 5.73 Å². The number of benzene rings is 1. The summed E-state index contributed by atoms with van der Waals surface area (Å²) in [5, 5.41) is 0. The summed E-state index contributed by atoms with van der Waals surface area (Å²) in [6.45, 7) is 3.88. The third-order valence-electron chi connectivity index (χ3n) is 2.78. The minimum atomic E-state index is 0.798. The van der Waals surface area contributed by atoms with Crippen LogP contribution in [0.15, 0.2) is 36.7 Å². The number of hydrogen-bond acceptors (Lipinski definition) is 3. The maximum atomic E-state index is 5.67. The zero-order valence-corrected chi connectivity index (χ0v) is 10.3. The van der Waals surface area contributed by atoms with Gasteiger partial charge in [0.2, 0.25) is 5.95 Å². The van der Waals surface area contributed by atoms with Crippen LogP contribution >= 0.6 is 0 Å². The smallest absolute Gasteiger partial charge is 0.205 e. The maximum absolute atomic E-state index is 5.67. The van der Waals surface area contributed by atoms with Crippen LogP contribution in [0.2, 0.25) is 0 Å². The van der Waals surface area contributed by atoms with Gasteiger partial charge in [-0.05, 0) is 24.6 Å². The van der Waals surface area contributed by atoms with Crippen molar-refractivity contribution in [3.05, 3.63) is 42.2 Å². The molecule has 0 spiro atoms. The van der Waals surface area contributed by atoms with Crippen molar-refractivity contribution in [3.63, 3.8) is 0 Å². The summed E-state index contributed by atoms with van der Waals surface area (Å²) in [7, 11) is 2.05. The van der Waals surface area contributed by atoms with Gasteiger partial charge in [-0.15, -0.1) is 0 Å². The van der Waals surface area contributed by atoms with Gasteiger partial charge in [-0.1, -0.05) is 12.1 Å². The third kappa shape index (κ3) is 2.58. The van der Waals surface area contributed by atoms with Crippen LogP contribution in [0, 0.1) is 0 Å². The number of aromatic nitrogens is 2. The van der Waals surface area contributed by atoms with E-state index in [0.717, 1.165) is 24.7 Å². The fourth-order valence-corrected chi connectivity index (χ4v) is 1.85. The number of imidazole rings is 1. The molecule has 2 N–H and O–H groups in total. The van der Waals surface area contributed by atoms with Crippen LogP contribution in [0.3, 0.4) is 0 Å². The van der Waals surface area contributed by atoms with Gasteiger partial charge in [0.15, 0.2) is 0 Å². The summed E-state index contributed by atoms with van der Waals surface area (Å²) < 4.78 is 2.12. The molecule has 0 bridgehead atoms. The Morgan fingerprint density at radius 1 is 1.29 bits per heavy atom. The zero-order chi connectivity index (χ0) is 12.3. The summed E-state index contributed by atoms with van der Waals surface area (Å²) >= 11 is 0. The predicted molar refractivity (Wildman–Crippen MR) is 70.9 cm³/mol. The summed E-state index contributed by atoms with van der Waals surface area (Å²) in [5.74, 6) is 0.990. The Morgan fingerprint density at radius 2 is 2.00 bits per heavy atom. The first kappa shape index (κ1) is 11.5. The van der Waals surface area contributed by atoms with Crippen molar-refractivity contribution in [3.8, 4) is 0 Å². The molecule has 1 aromatic carbocycles. The molecule has 4 heteroatoms. The fourth-order valence-electron chi connectivity index (χ4n) is 1.85. The van der Waals surface area contributed by atoms with Gasteiger partial charge in [0.05, 0.1) is 0 Å². The predicted octanol–water partition coefficient (Wildman–Crippen LogP) is 2.12. The molecule has 0 aliphatic heterocycles. The highest BCUT2D eigenvalue weighted by molar-refractivity contribution is 5.41. The summed E-state index contributed by atoms with van der Waals surface area (Å²) in [5.41, 5.74) is 7.69. The normalized spacial score (nSPS) is 10.5. The number of nitrogens with zero attached hydrogens (tertiary/aromatic N) is 3. The Morgan fingerprint density at radius 3 is 2.65 bits per heavy atom. The number of aryl methyl sites for hydroxylation is 1. The topological polar surface area (TPSA) is 47.1 Å². The molecule has 0 unspecified atom stereocenters. The Balaban J connectivity index is 2.11. The highest BCUT2D eigenvalue weighted by atomic mass is 15.3. The molecule has 1 aromatic heterocycles. The first-order chi connectivity index (χ1) is 8.20. The maximum Gasteiger partial charge on any atom is 0.205 e. The van der Waals surface area contributed by atoms with Crippen molar-refractivity contribution in [2.75, 3.05) is 17.7 Å². The van der Waals surface area contributed by atoms with E-state index in [0.29, 0.717) is 0 Å². The lowest BCUT2D eigenvalue weighted by Crippen LogP contribution is -2.20. The Kier molecular flexibility index (Phi) is 3.32. The molecule has 0 aliphatic carbocycles. The molecule has 0 atom stereocenters. The van der Waals surface area contributed by atoms with Gasteiger partial charge in [0.25, 0.3) is 0 Å². The third-order valence-corrected chi connectivity index (χ3v) is 2.78. The van der Waals surface area contributed by atoms with Crippen LogP contribution in [0.1, 0.15) is 12.5 Å². The minimum absolute atomic E-state index is 0.798. The van der Waals surface area contributed by atoms with Gasteiger partial charge >= 0.3 is 0 Å². The minimum Gasteiger partial charge on any atom is -0.399 e. The van der Waals surface area contributed by atoms with Gasteiger partial charge in [-0.2, -0.15) is 0 Å². The van der Waals surface area contributed by atoms with Gasteiger partial charge in [0.1, 0.15) is 0 Å². The SMILES string of the molecule is CCn1ccnc1N(C)Cc1ccc(N)cc1. The van der Waals surface area contributed by atoms with Gasteiger partial charge < -0.3 is 15.2 Å². The van der Waals surface area contributed by atoms with E-state index in [9.17, 15) is 0 Å². The lowest BCUT2D eigenvalue weighted by Gasteiger charge is -2.19. The molecular formula is C13H18N4. The standard InChI is InChI=1S/C13H18N4/c1-3-17-9-8-15-13(17)16(2)10-11-4-6-12(14)7-5-11/h4-9H,3,10,14H2,1-2H3. The molecule has 0 aliphatic rings. The molecule has 2 rings (SSSR count). The second-order valence-electron chi connectivity index (χ2n) is 4.11. The first-order valence-corrected chi connectivity index (χ1v) is 5.77. The largest absolute Gasteiger partial charge is 0.399 e. The van der Waals surface area contributed by atoms with Crippen molar-refractivity contribution >= 4 is 11.6 Å². The van der Waals surface area contributed by atoms with Crippen LogP contribution in [-0.4, -0.2) is 16.6 Å². The summed E-state index contributed by atoms with van der Waals surface area (Å²) in [6.07, 6.45) is 3.83. The average molecular weight is 230 g/mol. The van der Waals surface area contributed by atoms with Gasteiger partial charge in [-0.3, -0.25) is 0 Å². The van der Waals surface area contributed by atoms with E-state index in [-0.39, 0.29) is 0 Å². The molecule has 0 saturated carbocycles. The van der Waals surface area contributed by atoms with Crippen molar-refractivity contribution in [1.82, 2.24) is 9.55 Å². The molecule has 17 heavy (non-hydrogen) atoms. The van der Waals surface area contributed by atoms with Crippen molar-refractivity contribution in [2.45, 2.75) is 20.0 Å². The van der Waals surface area contributed by atoms with E-state index >= 15 is 0 Å². The van der Waals surface area contributed by atoms with E-state index in [1.54, 1.807) is 0 Å². The van der Waals surface area contributed by atoms with Crippen LogP contribution in [0.25, 0.3) is 0 Å². The van der Waals surface area contributed by atoms with E-state index < -0.39 is 0 Å². The Labute approximate surface area is 102 Å². The second kappa shape index (κ2) is 4.91. The fraction of sp³-hybridized carbons (Fsp3) is 0.308. The lowest BCUT2D eigenvalue weighted by atomic mass is 10.2. The van der Waals surface area contributed by atoms with E-state index in [1.807, 2.05) is 43.7 Å². The number of nitrogen functional groups attached to an aromatic ring is 1. The van der Waals surface area contributed by atoms with Crippen LogP contribution in [-0.2, 0) is 13.1 Å². The quantitative estimate of drug-likeness (QED) is 0.818. The zero-order valence-electron chi connectivity index (χ0n) is 10.3. The average Bonchev–Trinajstić information content (AvgIpc) is 2.80. The molecule has 4 nitrogen and oxygen atoms in total. The molecule has 0 saturated heterocycles. The van der Waals surface area contributed by atoms with Crippen LogP contribution in [0.5, 0.6) is 0 Å². The second-order valence-corrected chi connectivity index (χ2v) is 4.11. The Bertz CT molecular complexity index is 472. The molecule has 1 heterocycles. The van der Waals surface area contributed by atoms with E-state index in [2.05, 4.69) is 21.4 Å². The number of anilines is 2. The first-order valence-electron chi connectivity index (χ1n) is 5.77. The highest BCUT2D eigenvalue weighted by Gasteiger charge is 2.07. The van der Waals surface area contributed by atoms with Crippen molar-refractivity contribution in [1.29, 1.82) is 0 Å². The van der Waals surface area contributed by atoms with Crippen molar-refractivity contribution < 1.29 is 0 Å². The van der Waals surface area contributed by atoms with Crippen molar-refractivity contribution in [2.24, 2.45) is 0 Å². The summed E-state index contributed by atoms with van der Waals surface area (Å²) in [4.78, 5) is 6.50. The molecule has 0 amide bonds. The van der Waals surface area contributed by atoms with Gasteiger partial charge in [-0.25, -0.2) is 4.98 Å². The summed E-state index contributed by atoms with van der Waals surface area (Å²) in [6, 6.07) is 7.95. The number of nitrogens with two attached hydrogens (primary N) is 1. The molecule has 2 aromatic rings. The molecule has 0 fully saturated rings. The van der Waals surface area contributed by atoms with Gasteiger partial charge in [0, 0.05) is 38.2 Å². The Hall–Kier alpha value is -1.97. The number of hydrogen-bond donors (Lipinski definition) is 1. The highest BCUT2D eigenvalue weighted by Crippen LogP contribution is 2.14. The number of rotatable bonds is 4. The molecular weight excluding hydrogens is 212 g/mol. The van der Waals surface area contributed by atoms with E-state index in [1.165, 1.54) is 5.56 Å². The monoisotopic (exact) mass is 230 g/mol. The van der Waals surface area contributed by atoms with Crippen LogP contribution in [0.4, 0.5) is 11.6 Å². The molecule has 0 radical (unpaired) electrons. The van der Waals surface area contributed by atoms with Crippen LogP contribution < -0.4 is 10.6 Å². The lowest BCUT2D eigenvalue weighted by molar-refractivity contribution is 0.725.